The number of nitrogens with zero attached hydrogens (tertiary/aromatic N) is 1. The Morgan fingerprint density at radius 3 is 2.29 bits per heavy atom. The van der Waals surface area contributed by atoms with Crippen LogP contribution in [-0.4, -0.2) is 43.4 Å². The van der Waals surface area contributed by atoms with Crippen molar-refractivity contribution in [1.82, 2.24) is 4.31 Å². The monoisotopic (exact) mass is 353 g/mol. The molecule has 132 valence electrons. The molecule has 24 heavy (non-hydrogen) atoms. The minimum Gasteiger partial charge on any atom is -0.326 e. The molecule has 2 amide bonds. The Morgan fingerprint density at radius 1 is 1.17 bits per heavy atom. The van der Waals surface area contributed by atoms with Gasteiger partial charge in [0.1, 0.15) is 0 Å². The zero-order valence-corrected chi connectivity index (χ0v) is 14.7. The molecule has 8 heteroatoms. The Hall–Kier alpha value is -1.93. The molecule has 0 aliphatic carbocycles. The highest BCUT2D eigenvalue weighted by atomic mass is 32.2. The van der Waals surface area contributed by atoms with E-state index in [0.29, 0.717) is 30.8 Å². The Bertz CT molecular complexity index is 701. The van der Waals surface area contributed by atoms with Gasteiger partial charge in [-0.15, -0.1) is 0 Å². The van der Waals surface area contributed by atoms with Gasteiger partial charge in [0, 0.05) is 31.4 Å². The van der Waals surface area contributed by atoms with Gasteiger partial charge in [0.15, 0.2) is 0 Å². The summed E-state index contributed by atoms with van der Waals surface area (Å²) in [6, 6.07) is 6.80. The van der Waals surface area contributed by atoms with Gasteiger partial charge in [-0.25, -0.2) is 12.7 Å². The van der Waals surface area contributed by atoms with Crippen LogP contribution in [0.5, 0.6) is 0 Å². The first-order valence-electron chi connectivity index (χ1n) is 7.98. The Labute approximate surface area is 142 Å². The van der Waals surface area contributed by atoms with E-state index in [-0.39, 0.29) is 30.0 Å². The van der Waals surface area contributed by atoms with Crippen molar-refractivity contribution < 1.29 is 18.0 Å². The van der Waals surface area contributed by atoms with Gasteiger partial charge in [0.2, 0.25) is 21.8 Å². The summed E-state index contributed by atoms with van der Waals surface area (Å²) in [6.45, 7) is 3.74. The van der Waals surface area contributed by atoms with Crippen molar-refractivity contribution >= 4 is 33.2 Å². The standard InChI is InChI=1S/C16H23N3O4S/c1-3-24(22,23)19-10-4-5-13(11-19)16(21)18-15-8-6-14(7-9-15)17-12(2)20/h6-9,13H,3-5,10-11H2,1-2H3,(H,17,20)(H,18,21)/t13-/m1/s1. The molecule has 1 fully saturated rings. The molecule has 0 unspecified atom stereocenters. The number of benzene rings is 1. The topological polar surface area (TPSA) is 95.6 Å². The van der Waals surface area contributed by atoms with Gasteiger partial charge < -0.3 is 10.6 Å². The number of nitrogens with one attached hydrogen (secondary N) is 2. The molecular weight excluding hydrogens is 330 g/mol. The number of carbonyl (C=O) groups excluding carboxylic acids is 2. The van der Waals surface area contributed by atoms with Crippen LogP contribution in [0.2, 0.25) is 0 Å². The molecule has 0 saturated carbocycles. The largest absolute Gasteiger partial charge is 0.326 e. The summed E-state index contributed by atoms with van der Waals surface area (Å²) >= 11 is 0. The van der Waals surface area contributed by atoms with E-state index in [1.165, 1.54) is 11.2 Å². The Morgan fingerprint density at radius 2 is 1.75 bits per heavy atom. The lowest BCUT2D eigenvalue weighted by molar-refractivity contribution is -0.121. The molecule has 7 nitrogen and oxygen atoms in total. The number of carbonyl (C=O) groups is 2. The molecule has 0 radical (unpaired) electrons. The van der Waals surface area contributed by atoms with Crippen LogP contribution in [0, 0.1) is 5.92 Å². The Kier molecular flexibility index (Phi) is 5.95. The summed E-state index contributed by atoms with van der Waals surface area (Å²) in [7, 11) is -3.26. The molecule has 1 aromatic rings. The molecule has 0 bridgehead atoms. The first kappa shape index (κ1) is 18.4. The van der Waals surface area contributed by atoms with Gasteiger partial charge in [-0.2, -0.15) is 0 Å². The summed E-state index contributed by atoms with van der Waals surface area (Å²) in [5.41, 5.74) is 1.27. The third-order valence-electron chi connectivity index (χ3n) is 3.99. The minimum absolute atomic E-state index is 0.0476. The highest BCUT2D eigenvalue weighted by Crippen LogP contribution is 2.22. The quantitative estimate of drug-likeness (QED) is 0.841. The first-order valence-corrected chi connectivity index (χ1v) is 9.59. The number of hydrogen-bond donors (Lipinski definition) is 2. The van der Waals surface area contributed by atoms with Crippen molar-refractivity contribution in [2.45, 2.75) is 26.7 Å². The van der Waals surface area contributed by atoms with Crippen LogP contribution in [-0.2, 0) is 19.6 Å². The molecule has 0 spiro atoms. The number of sulfonamides is 1. The zero-order chi connectivity index (χ0) is 17.7. The lowest BCUT2D eigenvalue weighted by atomic mass is 9.98. The van der Waals surface area contributed by atoms with E-state index in [9.17, 15) is 18.0 Å². The van der Waals surface area contributed by atoms with Gasteiger partial charge in [0.25, 0.3) is 0 Å². The first-order chi connectivity index (χ1) is 11.3. The van der Waals surface area contributed by atoms with Crippen molar-refractivity contribution in [2.24, 2.45) is 5.92 Å². The highest BCUT2D eigenvalue weighted by molar-refractivity contribution is 7.89. The molecule has 1 aliphatic heterocycles. The molecule has 1 atom stereocenters. The third-order valence-corrected chi connectivity index (χ3v) is 5.83. The molecule has 2 rings (SSSR count). The van der Waals surface area contributed by atoms with Crippen LogP contribution in [0.25, 0.3) is 0 Å². The van der Waals surface area contributed by atoms with Crippen molar-refractivity contribution in [2.75, 3.05) is 29.5 Å². The second-order valence-electron chi connectivity index (χ2n) is 5.85. The normalized spacial score (nSPS) is 18.8. The summed E-state index contributed by atoms with van der Waals surface area (Å²) in [6.07, 6.45) is 1.35. The van der Waals surface area contributed by atoms with Crippen LogP contribution in [0.1, 0.15) is 26.7 Å². The molecule has 0 aromatic heterocycles. The van der Waals surface area contributed by atoms with E-state index in [2.05, 4.69) is 10.6 Å². The molecule has 1 aliphatic rings. The number of rotatable bonds is 5. The molecule has 1 aromatic carbocycles. The SMILES string of the molecule is CCS(=O)(=O)N1CCC[C@@H](C(=O)Nc2ccc(NC(C)=O)cc2)C1. The maximum atomic E-state index is 12.4. The highest BCUT2D eigenvalue weighted by Gasteiger charge is 2.31. The number of piperidine rings is 1. The predicted molar refractivity (Wildman–Crippen MR) is 93.1 cm³/mol. The van der Waals surface area contributed by atoms with Gasteiger partial charge in [0.05, 0.1) is 11.7 Å². The van der Waals surface area contributed by atoms with E-state index in [4.69, 9.17) is 0 Å². The molecular formula is C16H23N3O4S. The second-order valence-corrected chi connectivity index (χ2v) is 8.10. The summed E-state index contributed by atoms with van der Waals surface area (Å²) in [5, 5.41) is 5.46. The summed E-state index contributed by atoms with van der Waals surface area (Å²) in [4.78, 5) is 23.4. The number of amides is 2. The van der Waals surface area contributed by atoms with E-state index < -0.39 is 10.0 Å². The lowest BCUT2D eigenvalue weighted by Gasteiger charge is -2.30. The van der Waals surface area contributed by atoms with Crippen molar-refractivity contribution in [3.05, 3.63) is 24.3 Å². The van der Waals surface area contributed by atoms with E-state index in [1.54, 1.807) is 31.2 Å². The van der Waals surface area contributed by atoms with Gasteiger partial charge in [-0.3, -0.25) is 9.59 Å². The maximum absolute atomic E-state index is 12.4. The fraction of sp³-hybridized carbons (Fsp3) is 0.500. The van der Waals surface area contributed by atoms with Crippen molar-refractivity contribution in [3.63, 3.8) is 0 Å². The zero-order valence-electron chi connectivity index (χ0n) is 13.9. The molecule has 2 N–H and O–H groups in total. The summed E-state index contributed by atoms with van der Waals surface area (Å²) in [5.74, 6) is -0.647. The average Bonchev–Trinajstić information content (AvgIpc) is 2.56. The lowest BCUT2D eigenvalue weighted by Crippen LogP contribution is -2.44. The maximum Gasteiger partial charge on any atom is 0.228 e. The van der Waals surface area contributed by atoms with Crippen LogP contribution in [0.15, 0.2) is 24.3 Å². The van der Waals surface area contributed by atoms with Crippen LogP contribution in [0.4, 0.5) is 11.4 Å². The number of anilines is 2. The van der Waals surface area contributed by atoms with Crippen molar-refractivity contribution in [3.8, 4) is 0 Å². The van der Waals surface area contributed by atoms with E-state index in [1.807, 2.05) is 0 Å². The fourth-order valence-electron chi connectivity index (χ4n) is 2.68. The van der Waals surface area contributed by atoms with Gasteiger partial charge in [-0.05, 0) is 44.0 Å². The average molecular weight is 353 g/mol. The molecule has 1 saturated heterocycles. The van der Waals surface area contributed by atoms with Gasteiger partial charge in [-0.1, -0.05) is 0 Å². The minimum atomic E-state index is -3.26. The van der Waals surface area contributed by atoms with Crippen molar-refractivity contribution in [1.29, 1.82) is 0 Å². The second kappa shape index (κ2) is 7.76. The summed E-state index contributed by atoms with van der Waals surface area (Å²) < 4.78 is 25.3. The Balaban J connectivity index is 1.97. The van der Waals surface area contributed by atoms with Crippen LogP contribution < -0.4 is 10.6 Å². The fourth-order valence-corrected chi connectivity index (χ4v) is 3.86. The van der Waals surface area contributed by atoms with Gasteiger partial charge >= 0.3 is 0 Å². The van der Waals surface area contributed by atoms with Crippen LogP contribution in [0.3, 0.4) is 0 Å². The smallest absolute Gasteiger partial charge is 0.228 e. The number of hydrogen-bond acceptors (Lipinski definition) is 4. The van der Waals surface area contributed by atoms with E-state index >= 15 is 0 Å². The van der Waals surface area contributed by atoms with Crippen LogP contribution >= 0.6 is 0 Å². The third kappa shape index (κ3) is 4.78. The predicted octanol–water partition coefficient (Wildman–Crippen LogP) is 1.65. The molecule has 1 heterocycles. The van der Waals surface area contributed by atoms with E-state index in [0.717, 1.165) is 0 Å².